The van der Waals surface area contributed by atoms with Gasteiger partial charge in [0.15, 0.2) is 0 Å². The normalized spacial score (nSPS) is 10.5. The van der Waals surface area contributed by atoms with Crippen LogP contribution in [0.5, 0.6) is 5.75 Å². The first-order valence-electron chi connectivity index (χ1n) is 8.21. The van der Waals surface area contributed by atoms with E-state index in [1.807, 2.05) is 29.2 Å². The first-order chi connectivity index (χ1) is 13.0. The van der Waals surface area contributed by atoms with Crippen molar-refractivity contribution in [1.82, 2.24) is 0 Å². The summed E-state index contributed by atoms with van der Waals surface area (Å²) in [6.07, 6.45) is 1.60. The zero-order chi connectivity index (χ0) is 19.2. The predicted molar refractivity (Wildman–Crippen MR) is 108 cm³/mol. The summed E-state index contributed by atoms with van der Waals surface area (Å²) in [5, 5.41) is 3.94. The van der Waals surface area contributed by atoms with Crippen LogP contribution in [-0.2, 0) is 11.3 Å². The van der Waals surface area contributed by atoms with Gasteiger partial charge in [-0.15, -0.1) is 0 Å². The number of furan rings is 1. The van der Waals surface area contributed by atoms with Gasteiger partial charge in [0.1, 0.15) is 11.5 Å². The van der Waals surface area contributed by atoms with Gasteiger partial charge in [-0.05, 0) is 48.5 Å². The van der Waals surface area contributed by atoms with Crippen molar-refractivity contribution in [2.75, 3.05) is 23.9 Å². The number of nitrogens with one attached hydrogen (secondary N) is 1. The van der Waals surface area contributed by atoms with E-state index in [1.165, 1.54) is 7.11 Å². The average Bonchev–Trinajstić information content (AvgIpc) is 3.14. The molecule has 0 spiro atoms. The van der Waals surface area contributed by atoms with Crippen LogP contribution < -0.4 is 15.0 Å². The molecule has 0 bridgehead atoms. The Labute approximate surface area is 167 Å². The van der Waals surface area contributed by atoms with E-state index in [0.29, 0.717) is 28.0 Å². The highest BCUT2D eigenvalue weighted by atomic mass is 35.5. The van der Waals surface area contributed by atoms with Crippen LogP contribution in [0.4, 0.5) is 11.4 Å². The van der Waals surface area contributed by atoms with E-state index < -0.39 is 0 Å². The molecule has 27 heavy (non-hydrogen) atoms. The van der Waals surface area contributed by atoms with Crippen LogP contribution in [0, 0.1) is 0 Å². The Hall–Kier alpha value is -2.63. The van der Waals surface area contributed by atoms with Crippen LogP contribution >= 0.6 is 23.2 Å². The Morgan fingerprint density at radius 3 is 2.63 bits per heavy atom. The van der Waals surface area contributed by atoms with Crippen LogP contribution in [-0.4, -0.2) is 19.6 Å². The summed E-state index contributed by atoms with van der Waals surface area (Å²) in [6.45, 7) is 0.518. The maximum absolute atomic E-state index is 12.7. The highest BCUT2D eigenvalue weighted by Gasteiger charge is 2.16. The highest BCUT2D eigenvalue weighted by Crippen LogP contribution is 2.28. The lowest BCUT2D eigenvalue weighted by Gasteiger charge is -2.23. The zero-order valence-corrected chi connectivity index (χ0v) is 16.1. The Morgan fingerprint density at radius 2 is 1.93 bits per heavy atom. The smallest absolute Gasteiger partial charge is 0.244 e. The molecule has 0 unspecified atom stereocenters. The first-order valence-corrected chi connectivity index (χ1v) is 8.97. The Kier molecular flexibility index (Phi) is 6.27. The molecule has 1 aromatic heterocycles. The molecule has 0 aliphatic carbocycles. The lowest BCUT2D eigenvalue weighted by Crippen LogP contribution is -2.33. The van der Waals surface area contributed by atoms with E-state index >= 15 is 0 Å². The van der Waals surface area contributed by atoms with Crippen LogP contribution in [0.2, 0.25) is 10.0 Å². The maximum atomic E-state index is 12.7. The summed E-state index contributed by atoms with van der Waals surface area (Å²) in [6, 6.07) is 16.0. The number of nitrogens with zero attached hydrogens (tertiary/aromatic N) is 1. The largest absolute Gasteiger partial charge is 0.495 e. The van der Waals surface area contributed by atoms with Crippen molar-refractivity contribution in [3.63, 3.8) is 0 Å². The molecular weight excluding hydrogens is 387 g/mol. The molecule has 1 N–H and O–H groups in total. The molecule has 2 aromatic carbocycles. The third kappa shape index (κ3) is 5.18. The zero-order valence-electron chi connectivity index (χ0n) is 14.6. The molecule has 0 atom stereocenters. The number of carbonyl (C=O) groups is 1. The first kappa shape index (κ1) is 19.1. The lowest BCUT2D eigenvalue weighted by atomic mass is 10.2. The van der Waals surface area contributed by atoms with E-state index in [9.17, 15) is 4.79 Å². The van der Waals surface area contributed by atoms with Gasteiger partial charge >= 0.3 is 0 Å². The maximum Gasteiger partial charge on any atom is 0.244 e. The van der Waals surface area contributed by atoms with Crippen molar-refractivity contribution in [2.24, 2.45) is 0 Å². The van der Waals surface area contributed by atoms with Crippen molar-refractivity contribution in [1.29, 1.82) is 0 Å². The number of ether oxygens (including phenoxy) is 1. The van der Waals surface area contributed by atoms with E-state index in [-0.39, 0.29) is 12.5 Å². The second-order valence-corrected chi connectivity index (χ2v) is 6.68. The van der Waals surface area contributed by atoms with Gasteiger partial charge in [-0.3, -0.25) is 4.79 Å². The van der Waals surface area contributed by atoms with Gasteiger partial charge in [0.2, 0.25) is 5.91 Å². The van der Waals surface area contributed by atoms with Gasteiger partial charge in [-0.1, -0.05) is 29.3 Å². The average molecular weight is 405 g/mol. The van der Waals surface area contributed by atoms with Crippen LogP contribution in [0.25, 0.3) is 0 Å². The summed E-state index contributed by atoms with van der Waals surface area (Å²) in [5.74, 6) is 1.05. The van der Waals surface area contributed by atoms with Gasteiger partial charge in [0.05, 0.1) is 32.1 Å². The third-order valence-corrected chi connectivity index (χ3v) is 4.34. The van der Waals surface area contributed by atoms with Crippen LogP contribution in [0.3, 0.4) is 0 Å². The third-order valence-electron chi connectivity index (χ3n) is 3.87. The van der Waals surface area contributed by atoms with E-state index in [0.717, 1.165) is 11.4 Å². The molecule has 3 rings (SSSR count). The SMILES string of the molecule is COc1ccc(Cl)cc1NC(=O)CN(Cc1ccco1)c1cccc(Cl)c1. The van der Waals surface area contributed by atoms with Gasteiger partial charge in [-0.2, -0.15) is 0 Å². The molecule has 0 radical (unpaired) electrons. The minimum atomic E-state index is -0.220. The number of methoxy groups -OCH3 is 1. The van der Waals surface area contributed by atoms with Gasteiger partial charge < -0.3 is 19.4 Å². The second-order valence-electron chi connectivity index (χ2n) is 5.81. The topological polar surface area (TPSA) is 54.7 Å². The number of halogens is 2. The molecular formula is C20H18Cl2N2O3. The molecule has 0 fully saturated rings. The van der Waals surface area contributed by atoms with E-state index in [1.54, 1.807) is 36.6 Å². The molecule has 0 saturated carbocycles. The van der Waals surface area contributed by atoms with Crippen molar-refractivity contribution >= 4 is 40.5 Å². The molecule has 7 heteroatoms. The summed E-state index contributed by atoms with van der Waals surface area (Å²) in [7, 11) is 1.54. The Bertz CT molecular complexity index is 913. The summed E-state index contributed by atoms with van der Waals surface area (Å²) in [4.78, 5) is 14.5. The minimum absolute atomic E-state index is 0.0940. The molecule has 0 aliphatic rings. The number of hydrogen-bond acceptors (Lipinski definition) is 4. The Morgan fingerprint density at radius 1 is 1.11 bits per heavy atom. The number of anilines is 2. The van der Waals surface area contributed by atoms with Crippen molar-refractivity contribution in [3.05, 3.63) is 76.7 Å². The van der Waals surface area contributed by atoms with Crippen LogP contribution in [0.15, 0.2) is 65.3 Å². The fourth-order valence-corrected chi connectivity index (χ4v) is 3.00. The fourth-order valence-electron chi connectivity index (χ4n) is 2.64. The number of carbonyl (C=O) groups excluding carboxylic acids is 1. The second kappa shape index (κ2) is 8.84. The van der Waals surface area contributed by atoms with Crippen LogP contribution in [0.1, 0.15) is 5.76 Å². The molecule has 3 aromatic rings. The molecule has 5 nitrogen and oxygen atoms in total. The molecule has 0 saturated heterocycles. The van der Waals surface area contributed by atoms with Crippen molar-refractivity contribution in [2.45, 2.75) is 6.54 Å². The van der Waals surface area contributed by atoms with E-state index in [2.05, 4.69) is 5.32 Å². The van der Waals surface area contributed by atoms with Crippen molar-refractivity contribution < 1.29 is 13.9 Å². The van der Waals surface area contributed by atoms with Gasteiger partial charge in [0.25, 0.3) is 0 Å². The minimum Gasteiger partial charge on any atom is -0.495 e. The molecule has 0 aliphatic heterocycles. The van der Waals surface area contributed by atoms with Gasteiger partial charge in [0, 0.05) is 15.7 Å². The molecule has 1 heterocycles. The summed E-state index contributed by atoms with van der Waals surface area (Å²) < 4.78 is 10.7. The van der Waals surface area contributed by atoms with Crippen molar-refractivity contribution in [3.8, 4) is 5.75 Å². The number of amides is 1. The molecule has 140 valence electrons. The molecule has 1 amide bonds. The quantitative estimate of drug-likeness (QED) is 0.584. The summed E-state index contributed by atoms with van der Waals surface area (Å²) >= 11 is 12.1. The monoisotopic (exact) mass is 404 g/mol. The predicted octanol–water partition coefficient (Wildman–Crippen LogP) is 5.24. The summed E-state index contributed by atoms with van der Waals surface area (Å²) in [5.41, 5.74) is 1.33. The lowest BCUT2D eigenvalue weighted by molar-refractivity contribution is -0.115. The fraction of sp³-hybridized carbons (Fsp3) is 0.150. The number of rotatable bonds is 7. The number of hydrogen-bond donors (Lipinski definition) is 1. The van der Waals surface area contributed by atoms with Gasteiger partial charge in [-0.25, -0.2) is 0 Å². The van der Waals surface area contributed by atoms with E-state index in [4.69, 9.17) is 32.4 Å². The highest BCUT2D eigenvalue weighted by molar-refractivity contribution is 6.31. The standard InChI is InChI=1S/C20H18Cl2N2O3/c1-26-19-8-7-15(22)11-18(19)23-20(25)13-24(12-17-6-3-9-27-17)16-5-2-4-14(21)10-16/h2-11H,12-13H2,1H3,(H,23,25). The number of benzene rings is 2. The Balaban J connectivity index is 1.79.